The predicted molar refractivity (Wildman–Crippen MR) is 126 cm³/mol. The van der Waals surface area contributed by atoms with Crippen molar-refractivity contribution >= 4 is 29.3 Å². The van der Waals surface area contributed by atoms with Gasteiger partial charge >= 0.3 is 6.09 Å². The van der Waals surface area contributed by atoms with Crippen LogP contribution in [0, 0.1) is 5.82 Å². The molecule has 0 bridgehead atoms. The number of halogens is 2. The first kappa shape index (κ1) is 25.1. The van der Waals surface area contributed by atoms with Crippen LogP contribution in [0.1, 0.15) is 43.6 Å². The van der Waals surface area contributed by atoms with Crippen LogP contribution in [0.3, 0.4) is 0 Å². The SMILES string of the molecule is C[C@H]1CN(Cc2ccc(N(C)C(=O)c3ccc(Cl)nc3)c(F)c2)CC[N+]1(C(=O)O)C(C)(C)C. The second-order valence-corrected chi connectivity index (χ2v) is 10.0. The summed E-state index contributed by atoms with van der Waals surface area (Å²) in [5, 5.41) is 10.3. The van der Waals surface area contributed by atoms with Crippen LogP contribution in [-0.2, 0) is 6.54 Å². The molecule has 33 heavy (non-hydrogen) atoms. The number of pyridine rings is 1. The average Bonchev–Trinajstić information content (AvgIpc) is 2.72. The molecule has 1 aliphatic heterocycles. The molecule has 9 heteroatoms. The third kappa shape index (κ3) is 4.88. The maximum atomic E-state index is 14.9. The minimum Gasteiger partial charge on any atom is -0.435 e. The van der Waals surface area contributed by atoms with Crippen molar-refractivity contribution in [1.82, 2.24) is 9.88 Å². The normalized spacial score (nSPS) is 21.6. The van der Waals surface area contributed by atoms with E-state index >= 15 is 0 Å². The van der Waals surface area contributed by atoms with E-state index in [0.717, 1.165) is 5.56 Å². The van der Waals surface area contributed by atoms with Crippen LogP contribution in [0.15, 0.2) is 36.5 Å². The summed E-state index contributed by atoms with van der Waals surface area (Å²) in [6.07, 6.45) is 0.548. The second kappa shape index (κ2) is 9.37. The fraction of sp³-hybridized carbons (Fsp3) is 0.458. The van der Waals surface area contributed by atoms with Crippen molar-refractivity contribution < 1.29 is 23.6 Å². The lowest BCUT2D eigenvalue weighted by atomic mass is 9.95. The Morgan fingerprint density at radius 2 is 2.00 bits per heavy atom. The van der Waals surface area contributed by atoms with Gasteiger partial charge in [0.2, 0.25) is 0 Å². The quantitative estimate of drug-likeness (QED) is 0.512. The van der Waals surface area contributed by atoms with Crippen LogP contribution in [0.2, 0.25) is 5.15 Å². The van der Waals surface area contributed by atoms with Gasteiger partial charge in [-0.1, -0.05) is 17.7 Å². The molecule has 2 atom stereocenters. The van der Waals surface area contributed by atoms with Crippen LogP contribution < -0.4 is 4.90 Å². The Morgan fingerprint density at radius 1 is 1.30 bits per heavy atom. The highest BCUT2D eigenvalue weighted by atomic mass is 35.5. The number of hydrogen-bond donors (Lipinski definition) is 1. The van der Waals surface area contributed by atoms with Crippen LogP contribution in [0.4, 0.5) is 14.9 Å². The highest BCUT2D eigenvalue weighted by Crippen LogP contribution is 2.33. The summed E-state index contributed by atoms with van der Waals surface area (Å²) in [7, 11) is 1.51. The Morgan fingerprint density at radius 3 is 2.52 bits per heavy atom. The topological polar surface area (TPSA) is 73.7 Å². The first-order chi connectivity index (χ1) is 15.4. The highest BCUT2D eigenvalue weighted by molar-refractivity contribution is 6.29. The van der Waals surface area contributed by atoms with Gasteiger partial charge in [-0.3, -0.25) is 9.69 Å². The lowest BCUT2D eigenvalue weighted by Gasteiger charge is -2.52. The molecule has 178 valence electrons. The van der Waals surface area contributed by atoms with Crippen molar-refractivity contribution in [2.75, 3.05) is 31.6 Å². The molecule has 0 spiro atoms. The lowest BCUT2D eigenvalue weighted by molar-refractivity contribution is -0.929. The summed E-state index contributed by atoms with van der Waals surface area (Å²) < 4.78 is 14.9. The number of nitrogens with zero attached hydrogens (tertiary/aromatic N) is 4. The van der Waals surface area contributed by atoms with E-state index in [9.17, 15) is 19.1 Å². The van der Waals surface area contributed by atoms with Crippen molar-refractivity contribution in [3.8, 4) is 0 Å². The number of carbonyl (C=O) groups is 2. The fourth-order valence-electron chi connectivity index (χ4n) is 4.82. The van der Waals surface area contributed by atoms with Gasteiger partial charge in [0, 0.05) is 26.3 Å². The first-order valence-electron chi connectivity index (χ1n) is 10.9. The van der Waals surface area contributed by atoms with Crippen molar-refractivity contribution in [2.24, 2.45) is 0 Å². The number of anilines is 1. The van der Waals surface area contributed by atoms with Crippen LogP contribution in [-0.4, -0.2) is 69.7 Å². The number of carboxylic acid groups (broad SMARTS) is 1. The molecule has 1 aromatic heterocycles. The van der Waals surface area contributed by atoms with E-state index in [-0.39, 0.29) is 27.3 Å². The van der Waals surface area contributed by atoms with Crippen molar-refractivity contribution in [3.63, 3.8) is 0 Å². The van der Waals surface area contributed by atoms with Gasteiger partial charge in [0.25, 0.3) is 5.91 Å². The van der Waals surface area contributed by atoms with Gasteiger partial charge in [-0.2, -0.15) is 4.79 Å². The number of quaternary nitrogens is 1. The molecule has 1 saturated heterocycles. The molecule has 0 saturated carbocycles. The number of rotatable bonds is 4. The van der Waals surface area contributed by atoms with E-state index in [1.54, 1.807) is 18.2 Å². The Balaban J connectivity index is 1.72. The number of piperazine rings is 1. The van der Waals surface area contributed by atoms with Gasteiger partial charge in [0.15, 0.2) is 0 Å². The van der Waals surface area contributed by atoms with E-state index in [0.29, 0.717) is 31.7 Å². The number of benzene rings is 1. The molecule has 1 N–H and O–H groups in total. The average molecular weight is 478 g/mol. The largest absolute Gasteiger partial charge is 0.514 e. The smallest absolute Gasteiger partial charge is 0.435 e. The lowest BCUT2D eigenvalue weighted by Crippen LogP contribution is -2.73. The summed E-state index contributed by atoms with van der Waals surface area (Å²) in [6, 6.07) is 7.76. The number of hydrogen-bond acceptors (Lipinski definition) is 4. The zero-order valence-corrected chi connectivity index (χ0v) is 20.4. The van der Waals surface area contributed by atoms with Crippen LogP contribution in [0.5, 0.6) is 0 Å². The van der Waals surface area contributed by atoms with E-state index < -0.39 is 17.4 Å². The Kier molecular flexibility index (Phi) is 7.12. The fourth-order valence-corrected chi connectivity index (χ4v) is 4.93. The highest BCUT2D eigenvalue weighted by Gasteiger charge is 2.54. The van der Waals surface area contributed by atoms with Crippen LogP contribution >= 0.6 is 11.6 Å². The molecule has 0 radical (unpaired) electrons. The van der Waals surface area contributed by atoms with Crippen molar-refractivity contribution in [1.29, 1.82) is 0 Å². The molecule has 7 nitrogen and oxygen atoms in total. The minimum absolute atomic E-state index is 0.00323. The van der Waals surface area contributed by atoms with Gasteiger partial charge in [-0.05, 0) is 57.5 Å². The molecule has 1 fully saturated rings. The molecule has 1 unspecified atom stereocenters. The Hall–Kier alpha value is -2.55. The summed E-state index contributed by atoms with van der Waals surface area (Å²) >= 11 is 5.77. The maximum Gasteiger partial charge on any atom is 0.514 e. The van der Waals surface area contributed by atoms with Gasteiger partial charge in [0.05, 0.1) is 17.8 Å². The van der Waals surface area contributed by atoms with Gasteiger partial charge in [0.1, 0.15) is 29.1 Å². The number of carbonyl (C=O) groups excluding carboxylic acids is 1. The predicted octanol–water partition coefficient (Wildman–Crippen LogP) is 4.65. The summed E-state index contributed by atoms with van der Waals surface area (Å²) in [4.78, 5) is 32.1. The molecule has 0 aliphatic carbocycles. The van der Waals surface area contributed by atoms with Crippen LogP contribution in [0.25, 0.3) is 0 Å². The molecule has 2 amide bonds. The molecule has 1 aromatic carbocycles. The van der Waals surface area contributed by atoms with E-state index in [1.807, 2.05) is 27.7 Å². The monoisotopic (exact) mass is 477 g/mol. The molecule has 1 aliphatic rings. The molecular formula is C24H31ClFN4O3+. The van der Waals surface area contributed by atoms with Gasteiger partial charge in [-0.25, -0.2) is 13.9 Å². The number of amides is 2. The number of aromatic nitrogens is 1. The maximum absolute atomic E-state index is 14.9. The van der Waals surface area contributed by atoms with Crippen molar-refractivity contribution in [3.05, 3.63) is 58.6 Å². The minimum atomic E-state index is -0.811. The van der Waals surface area contributed by atoms with E-state index in [1.165, 1.54) is 30.3 Å². The summed E-state index contributed by atoms with van der Waals surface area (Å²) in [5.74, 6) is -0.888. The molecule has 2 heterocycles. The Labute approximate surface area is 199 Å². The summed E-state index contributed by atoms with van der Waals surface area (Å²) in [6.45, 7) is 10.0. The first-order valence-corrected chi connectivity index (χ1v) is 11.3. The van der Waals surface area contributed by atoms with Gasteiger partial charge < -0.3 is 10.0 Å². The third-order valence-corrected chi connectivity index (χ3v) is 6.86. The zero-order chi connectivity index (χ0) is 24.6. The standard InChI is InChI=1S/C24H30ClFN4O3/c1-16-14-29(10-11-30(16,23(32)33)24(2,3)4)15-17-6-8-20(19(26)12-17)28(5)22(31)18-7-9-21(25)27-13-18/h6-9,12-13,16H,10-11,14-15H2,1-5H3/p+1/t16-,30?/m0/s1. The molecule has 3 rings (SSSR count). The zero-order valence-electron chi connectivity index (χ0n) is 19.7. The molecule has 2 aromatic rings. The second-order valence-electron chi connectivity index (χ2n) is 9.65. The Bertz CT molecular complexity index is 1040. The van der Waals surface area contributed by atoms with E-state index in [2.05, 4.69) is 9.88 Å². The molecular weight excluding hydrogens is 447 g/mol. The van der Waals surface area contributed by atoms with Gasteiger partial charge in [-0.15, -0.1) is 0 Å². The van der Waals surface area contributed by atoms with E-state index in [4.69, 9.17) is 11.6 Å². The van der Waals surface area contributed by atoms with Crippen molar-refractivity contribution in [2.45, 2.75) is 45.8 Å². The third-order valence-electron chi connectivity index (χ3n) is 6.64. The summed E-state index contributed by atoms with van der Waals surface area (Å²) in [5.41, 5.74) is 0.817.